The van der Waals surface area contributed by atoms with Crippen LogP contribution in [0.4, 0.5) is 0 Å². The van der Waals surface area contributed by atoms with Crippen molar-refractivity contribution in [2.45, 2.75) is 65.8 Å². The van der Waals surface area contributed by atoms with E-state index in [0.29, 0.717) is 6.04 Å². The fourth-order valence-electron chi connectivity index (χ4n) is 2.61. The molecule has 0 saturated heterocycles. The van der Waals surface area contributed by atoms with Crippen LogP contribution in [0.3, 0.4) is 0 Å². The van der Waals surface area contributed by atoms with Crippen LogP contribution >= 0.6 is 0 Å². The normalized spacial score (nSPS) is 15.3. The van der Waals surface area contributed by atoms with Gasteiger partial charge in [0.2, 0.25) is 0 Å². The zero-order valence-corrected chi connectivity index (χ0v) is 13.6. The Morgan fingerprint density at radius 3 is 2.05 bits per heavy atom. The van der Waals surface area contributed by atoms with E-state index in [2.05, 4.69) is 71.1 Å². The summed E-state index contributed by atoms with van der Waals surface area (Å²) in [6.07, 6.45) is 2.41. The number of hydrogen-bond acceptors (Lipinski definition) is 1. The van der Waals surface area contributed by atoms with Gasteiger partial charge in [-0.25, -0.2) is 0 Å². The van der Waals surface area contributed by atoms with Gasteiger partial charge in [0.1, 0.15) is 0 Å². The Morgan fingerprint density at radius 1 is 1.05 bits per heavy atom. The van der Waals surface area contributed by atoms with Crippen molar-refractivity contribution in [3.8, 4) is 0 Å². The molecule has 0 saturated carbocycles. The van der Waals surface area contributed by atoms with Gasteiger partial charge >= 0.3 is 0 Å². The average Bonchev–Trinajstić information content (AvgIpc) is 2.35. The SMILES string of the molecule is CCNC(C)C(CC)Cc1ccc(C(C)(C)C)cc1. The summed E-state index contributed by atoms with van der Waals surface area (Å²) in [5, 5.41) is 3.55. The second kappa shape index (κ2) is 7.09. The first kappa shape index (κ1) is 16.2. The molecule has 1 N–H and O–H groups in total. The summed E-state index contributed by atoms with van der Waals surface area (Å²) in [5.74, 6) is 0.723. The Labute approximate surface area is 119 Å². The molecule has 0 amide bonds. The van der Waals surface area contributed by atoms with E-state index >= 15 is 0 Å². The summed E-state index contributed by atoms with van der Waals surface area (Å²) < 4.78 is 0. The zero-order chi connectivity index (χ0) is 14.5. The number of hydrogen-bond donors (Lipinski definition) is 1. The van der Waals surface area contributed by atoms with Crippen LogP contribution in [0.1, 0.15) is 59.1 Å². The van der Waals surface area contributed by atoms with E-state index in [-0.39, 0.29) is 5.41 Å². The second-order valence-electron chi connectivity index (χ2n) is 6.67. The molecule has 0 bridgehead atoms. The van der Waals surface area contributed by atoms with E-state index in [1.165, 1.54) is 24.0 Å². The third-order valence-electron chi connectivity index (χ3n) is 4.08. The average molecular weight is 261 g/mol. The third kappa shape index (κ3) is 4.99. The Balaban J connectivity index is 2.71. The van der Waals surface area contributed by atoms with Crippen molar-refractivity contribution in [1.29, 1.82) is 0 Å². The molecule has 0 aliphatic carbocycles. The molecule has 0 aliphatic heterocycles. The predicted octanol–water partition coefficient (Wildman–Crippen LogP) is 4.55. The minimum Gasteiger partial charge on any atom is -0.314 e. The van der Waals surface area contributed by atoms with E-state index in [9.17, 15) is 0 Å². The van der Waals surface area contributed by atoms with Crippen molar-refractivity contribution < 1.29 is 0 Å². The first-order valence-corrected chi connectivity index (χ1v) is 7.71. The smallest absolute Gasteiger partial charge is 0.00699 e. The minimum atomic E-state index is 0.250. The van der Waals surface area contributed by atoms with Crippen LogP contribution in [0.15, 0.2) is 24.3 Å². The molecule has 1 aromatic rings. The van der Waals surface area contributed by atoms with Crippen LogP contribution in [0.2, 0.25) is 0 Å². The first-order valence-electron chi connectivity index (χ1n) is 7.71. The van der Waals surface area contributed by atoms with Gasteiger partial charge in [-0.3, -0.25) is 0 Å². The van der Waals surface area contributed by atoms with Gasteiger partial charge in [0.05, 0.1) is 0 Å². The quantitative estimate of drug-likeness (QED) is 0.792. The molecule has 1 heteroatoms. The summed E-state index contributed by atoms with van der Waals surface area (Å²) in [6, 6.07) is 9.79. The monoisotopic (exact) mass is 261 g/mol. The summed E-state index contributed by atoms with van der Waals surface area (Å²) in [4.78, 5) is 0. The van der Waals surface area contributed by atoms with Gasteiger partial charge in [0.25, 0.3) is 0 Å². The molecule has 1 nitrogen and oxygen atoms in total. The van der Waals surface area contributed by atoms with Gasteiger partial charge in [-0.2, -0.15) is 0 Å². The first-order chi connectivity index (χ1) is 8.88. The van der Waals surface area contributed by atoms with Gasteiger partial charge < -0.3 is 5.32 Å². The van der Waals surface area contributed by atoms with Crippen LogP contribution < -0.4 is 5.32 Å². The van der Waals surface area contributed by atoms with Crippen LogP contribution in [-0.4, -0.2) is 12.6 Å². The maximum atomic E-state index is 3.55. The van der Waals surface area contributed by atoms with Crippen LogP contribution in [-0.2, 0) is 11.8 Å². The molecule has 1 rings (SSSR count). The molecule has 0 heterocycles. The Kier molecular flexibility index (Phi) is 6.06. The zero-order valence-electron chi connectivity index (χ0n) is 13.6. The van der Waals surface area contributed by atoms with E-state index in [1.807, 2.05) is 0 Å². The molecule has 0 radical (unpaired) electrons. The highest BCUT2D eigenvalue weighted by Gasteiger charge is 2.16. The fraction of sp³-hybridized carbons (Fsp3) is 0.667. The van der Waals surface area contributed by atoms with Gasteiger partial charge in [0.15, 0.2) is 0 Å². The summed E-state index contributed by atoms with van der Waals surface area (Å²) >= 11 is 0. The Morgan fingerprint density at radius 2 is 1.63 bits per heavy atom. The molecule has 0 aromatic heterocycles. The molecule has 0 spiro atoms. The highest BCUT2D eigenvalue weighted by molar-refractivity contribution is 5.27. The third-order valence-corrected chi connectivity index (χ3v) is 4.08. The molecular weight excluding hydrogens is 230 g/mol. The van der Waals surface area contributed by atoms with Gasteiger partial charge in [-0.05, 0) is 42.3 Å². The Hall–Kier alpha value is -0.820. The van der Waals surface area contributed by atoms with Crippen molar-refractivity contribution >= 4 is 0 Å². The van der Waals surface area contributed by atoms with Crippen molar-refractivity contribution in [3.63, 3.8) is 0 Å². The van der Waals surface area contributed by atoms with E-state index in [1.54, 1.807) is 0 Å². The molecule has 0 aliphatic rings. The number of rotatable bonds is 6. The highest BCUT2D eigenvalue weighted by atomic mass is 14.9. The second-order valence-corrected chi connectivity index (χ2v) is 6.67. The molecular formula is C18H31N. The lowest BCUT2D eigenvalue weighted by Crippen LogP contribution is -2.34. The molecule has 2 unspecified atom stereocenters. The van der Waals surface area contributed by atoms with Crippen molar-refractivity contribution in [3.05, 3.63) is 35.4 Å². The summed E-state index contributed by atoms with van der Waals surface area (Å²) in [6.45, 7) is 14.6. The van der Waals surface area contributed by atoms with E-state index in [0.717, 1.165) is 12.5 Å². The molecule has 19 heavy (non-hydrogen) atoms. The summed E-state index contributed by atoms with van der Waals surface area (Å²) in [7, 11) is 0. The highest BCUT2D eigenvalue weighted by Crippen LogP contribution is 2.23. The van der Waals surface area contributed by atoms with Gasteiger partial charge in [-0.15, -0.1) is 0 Å². The topological polar surface area (TPSA) is 12.0 Å². The maximum Gasteiger partial charge on any atom is 0.00699 e. The minimum absolute atomic E-state index is 0.250. The Bertz CT molecular complexity index is 358. The lowest BCUT2D eigenvalue weighted by atomic mass is 9.85. The summed E-state index contributed by atoms with van der Waals surface area (Å²) in [5.41, 5.74) is 3.13. The lowest BCUT2D eigenvalue weighted by Gasteiger charge is -2.24. The van der Waals surface area contributed by atoms with Gasteiger partial charge in [0, 0.05) is 6.04 Å². The van der Waals surface area contributed by atoms with E-state index < -0.39 is 0 Å². The number of benzene rings is 1. The molecule has 0 fully saturated rings. The lowest BCUT2D eigenvalue weighted by molar-refractivity contribution is 0.368. The van der Waals surface area contributed by atoms with Crippen LogP contribution in [0, 0.1) is 5.92 Å². The van der Waals surface area contributed by atoms with Crippen molar-refractivity contribution in [2.75, 3.05) is 6.54 Å². The molecule has 108 valence electrons. The van der Waals surface area contributed by atoms with Crippen molar-refractivity contribution in [1.82, 2.24) is 5.32 Å². The van der Waals surface area contributed by atoms with Crippen LogP contribution in [0.25, 0.3) is 0 Å². The largest absolute Gasteiger partial charge is 0.314 e. The standard InChI is InChI=1S/C18H31N/c1-7-16(14(3)19-8-2)13-15-9-11-17(12-10-15)18(4,5)6/h9-12,14,16,19H,7-8,13H2,1-6H3. The van der Waals surface area contributed by atoms with Crippen LogP contribution in [0.5, 0.6) is 0 Å². The number of nitrogens with one attached hydrogen (secondary N) is 1. The van der Waals surface area contributed by atoms with Crippen molar-refractivity contribution in [2.24, 2.45) is 5.92 Å². The predicted molar refractivity (Wildman–Crippen MR) is 85.8 cm³/mol. The fourth-order valence-corrected chi connectivity index (χ4v) is 2.61. The molecule has 2 atom stereocenters. The maximum absolute atomic E-state index is 3.55. The molecule has 1 aromatic carbocycles. The van der Waals surface area contributed by atoms with E-state index in [4.69, 9.17) is 0 Å². The van der Waals surface area contributed by atoms with Gasteiger partial charge in [-0.1, -0.05) is 65.3 Å².